The Kier molecular flexibility index (Phi) is 5.31. The minimum atomic E-state index is -3.00. The van der Waals surface area contributed by atoms with Gasteiger partial charge in [-0.25, -0.2) is 24.2 Å². The number of carbonyl (C=O) groups excluding carboxylic acids is 1. The van der Waals surface area contributed by atoms with Gasteiger partial charge in [-0.2, -0.15) is 0 Å². The summed E-state index contributed by atoms with van der Waals surface area (Å²) >= 11 is 0. The Morgan fingerprint density at radius 1 is 1.24 bits per heavy atom. The maximum absolute atomic E-state index is 15.0. The van der Waals surface area contributed by atoms with Gasteiger partial charge in [-0.1, -0.05) is 31.2 Å². The van der Waals surface area contributed by atoms with E-state index in [4.69, 9.17) is 4.74 Å². The van der Waals surface area contributed by atoms with Crippen molar-refractivity contribution in [1.29, 1.82) is 0 Å². The normalized spacial score (nSPS) is 26.6. The molecule has 0 saturated carbocycles. The molecule has 3 atom stereocenters. The summed E-state index contributed by atoms with van der Waals surface area (Å²) in [6.07, 6.45) is -0.292. The van der Waals surface area contributed by atoms with Crippen LogP contribution in [0.15, 0.2) is 46.4 Å². The predicted molar refractivity (Wildman–Crippen MR) is 123 cm³/mol. The topological polar surface area (TPSA) is 69.5 Å². The molecule has 7 nitrogen and oxygen atoms in total. The monoisotopic (exact) mass is 455 g/mol. The Labute approximate surface area is 191 Å². The third-order valence-corrected chi connectivity index (χ3v) is 6.93. The van der Waals surface area contributed by atoms with Gasteiger partial charge in [0.25, 0.3) is 11.8 Å². The number of rotatable bonds is 3. The van der Waals surface area contributed by atoms with Crippen LogP contribution >= 0.6 is 0 Å². The van der Waals surface area contributed by atoms with E-state index in [0.717, 1.165) is 16.5 Å². The van der Waals surface area contributed by atoms with Crippen molar-refractivity contribution < 1.29 is 18.3 Å². The van der Waals surface area contributed by atoms with E-state index in [-0.39, 0.29) is 24.9 Å². The van der Waals surface area contributed by atoms with Crippen molar-refractivity contribution in [3.05, 3.63) is 42.0 Å². The van der Waals surface area contributed by atoms with E-state index in [2.05, 4.69) is 15.4 Å². The standard InChI is InChI=1S/C24H27F2N5O2/c1-14-15(2)29-23-27-13-28-31(23)21(14)18-10-24(25,26)12-30(11-18)22(32)19-8-16-6-4-5-7-17(16)9-20(19)33-3/h4-9,14,18,21,28H,10-13H2,1-3H3. The number of benzene rings is 2. The van der Waals surface area contributed by atoms with Crippen molar-refractivity contribution in [3.63, 3.8) is 0 Å². The molecule has 1 N–H and O–H groups in total. The summed E-state index contributed by atoms with van der Waals surface area (Å²) in [5.74, 6) is -3.05. The molecule has 3 aliphatic rings. The van der Waals surface area contributed by atoms with Gasteiger partial charge in [0.2, 0.25) is 5.96 Å². The summed E-state index contributed by atoms with van der Waals surface area (Å²) in [6.45, 7) is 3.87. The van der Waals surface area contributed by atoms with Gasteiger partial charge in [-0.3, -0.25) is 9.80 Å². The van der Waals surface area contributed by atoms with E-state index in [1.54, 1.807) is 12.1 Å². The molecule has 9 heteroatoms. The molecule has 174 valence electrons. The summed E-state index contributed by atoms with van der Waals surface area (Å²) < 4.78 is 35.5. The highest BCUT2D eigenvalue weighted by molar-refractivity contribution is 6.02. The molecular formula is C24H27F2N5O2. The number of guanidine groups is 1. The van der Waals surface area contributed by atoms with Crippen molar-refractivity contribution in [1.82, 2.24) is 15.3 Å². The highest BCUT2D eigenvalue weighted by atomic mass is 19.3. The summed E-state index contributed by atoms with van der Waals surface area (Å²) in [4.78, 5) is 23.7. The van der Waals surface area contributed by atoms with Gasteiger partial charge in [0, 0.05) is 30.5 Å². The van der Waals surface area contributed by atoms with E-state index >= 15 is 8.78 Å². The lowest BCUT2D eigenvalue weighted by Crippen LogP contribution is -2.61. The van der Waals surface area contributed by atoms with Crippen LogP contribution in [0, 0.1) is 11.8 Å². The van der Waals surface area contributed by atoms with Crippen LogP contribution in [0.3, 0.4) is 0 Å². The number of nitrogens with zero attached hydrogens (tertiary/aromatic N) is 4. The lowest BCUT2D eigenvalue weighted by molar-refractivity contribution is -0.0899. The van der Waals surface area contributed by atoms with E-state index in [0.29, 0.717) is 23.9 Å². The first-order valence-corrected chi connectivity index (χ1v) is 11.1. The Morgan fingerprint density at radius 2 is 1.97 bits per heavy atom. The number of piperidine rings is 1. The first-order chi connectivity index (χ1) is 15.8. The van der Waals surface area contributed by atoms with E-state index in [1.807, 2.05) is 43.1 Å². The number of ether oxygens (including phenoxy) is 1. The van der Waals surface area contributed by atoms with E-state index in [1.165, 1.54) is 12.0 Å². The van der Waals surface area contributed by atoms with Gasteiger partial charge in [-0.15, -0.1) is 0 Å². The number of methoxy groups -OCH3 is 1. The van der Waals surface area contributed by atoms with E-state index in [9.17, 15) is 4.79 Å². The van der Waals surface area contributed by atoms with Gasteiger partial charge < -0.3 is 9.64 Å². The summed E-state index contributed by atoms with van der Waals surface area (Å²) in [6, 6.07) is 10.8. The fourth-order valence-corrected chi connectivity index (χ4v) is 5.26. The molecule has 0 radical (unpaired) electrons. The fraction of sp³-hybridized carbons (Fsp3) is 0.458. The van der Waals surface area contributed by atoms with Crippen LogP contribution in [0.25, 0.3) is 10.8 Å². The second-order valence-corrected chi connectivity index (χ2v) is 9.08. The third-order valence-electron chi connectivity index (χ3n) is 6.93. The van der Waals surface area contributed by atoms with Crippen LogP contribution in [0.1, 0.15) is 30.6 Å². The first kappa shape index (κ1) is 21.8. The number of fused-ring (bicyclic) bond motifs is 2. The number of hydrogen-bond acceptors (Lipinski definition) is 6. The molecule has 2 aromatic carbocycles. The number of hydrogen-bond donors (Lipinski definition) is 1. The molecule has 33 heavy (non-hydrogen) atoms. The molecule has 1 fully saturated rings. The maximum Gasteiger partial charge on any atom is 0.265 e. The van der Waals surface area contributed by atoms with Gasteiger partial charge >= 0.3 is 0 Å². The minimum Gasteiger partial charge on any atom is -0.496 e. The zero-order valence-electron chi connectivity index (χ0n) is 18.9. The molecule has 1 amide bonds. The Balaban J connectivity index is 1.48. The number of carbonyl (C=O) groups is 1. The zero-order chi connectivity index (χ0) is 23.3. The largest absolute Gasteiger partial charge is 0.496 e. The van der Waals surface area contributed by atoms with Crippen LogP contribution in [-0.4, -0.2) is 66.3 Å². The molecule has 0 aliphatic carbocycles. The average Bonchev–Trinajstić information content (AvgIpc) is 3.24. The minimum absolute atomic E-state index is 0.0550. The van der Waals surface area contributed by atoms with Crippen molar-refractivity contribution in [2.45, 2.75) is 32.2 Å². The Hall–Kier alpha value is -3.07. The summed E-state index contributed by atoms with van der Waals surface area (Å²) in [5, 5.41) is 3.59. The average molecular weight is 456 g/mol. The predicted octanol–water partition coefficient (Wildman–Crippen LogP) is 3.56. The SMILES string of the molecule is COc1cc2ccccc2cc1C(=O)N1CC(C2C(C)C(C)=NC3=NCNN32)CC(F)(F)C1. The highest BCUT2D eigenvalue weighted by Crippen LogP contribution is 2.39. The third kappa shape index (κ3) is 3.84. The van der Waals surface area contributed by atoms with Crippen LogP contribution in [0.4, 0.5) is 8.78 Å². The molecule has 5 rings (SSSR count). The number of halogens is 2. The van der Waals surface area contributed by atoms with Gasteiger partial charge in [0.05, 0.1) is 25.3 Å². The Bertz CT molecular complexity index is 1160. The van der Waals surface area contributed by atoms with Crippen LogP contribution in [-0.2, 0) is 0 Å². The quantitative estimate of drug-likeness (QED) is 0.769. The molecule has 3 heterocycles. The van der Waals surface area contributed by atoms with Crippen LogP contribution < -0.4 is 10.2 Å². The van der Waals surface area contributed by atoms with Gasteiger partial charge in [0.1, 0.15) is 12.4 Å². The Morgan fingerprint density at radius 3 is 2.70 bits per heavy atom. The van der Waals surface area contributed by atoms with Gasteiger partial charge in [0.15, 0.2) is 0 Å². The lowest BCUT2D eigenvalue weighted by Gasteiger charge is -2.46. The van der Waals surface area contributed by atoms with Crippen molar-refractivity contribution >= 4 is 28.4 Å². The number of alkyl halides is 2. The zero-order valence-corrected chi connectivity index (χ0v) is 18.9. The molecule has 0 spiro atoms. The van der Waals surface area contributed by atoms with Crippen molar-refractivity contribution in [2.24, 2.45) is 21.8 Å². The number of aliphatic imine (C=N–C) groups is 2. The van der Waals surface area contributed by atoms with Crippen LogP contribution in [0.5, 0.6) is 5.75 Å². The molecule has 3 aliphatic heterocycles. The molecule has 2 aromatic rings. The molecule has 0 aromatic heterocycles. The van der Waals surface area contributed by atoms with Crippen LogP contribution in [0.2, 0.25) is 0 Å². The number of nitrogens with one attached hydrogen (secondary N) is 1. The number of likely N-dealkylation sites (tertiary alicyclic amines) is 1. The lowest BCUT2D eigenvalue weighted by atomic mass is 9.79. The molecule has 3 unspecified atom stereocenters. The molecule has 1 saturated heterocycles. The second-order valence-electron chi connectivity index (χ2n) is 9.08. The highest BCUT2D eigenvalue weighted by Gasteiger charge is 2.49. The first-order valence-electron chi connectivity index (χ1n) is 11.1. The fourth-order valence-electron chi connectivity index (χ4n) is 5.26. The smallest absolute Gasteiger partial charge is 0.265 e. The number of hydrazine groups is 1. The second kappa shape index (κ2) is 8.06. The molecule has 0 bridgehead atoms. The number of amides is 1. The van der Waals surface area contributed by atoms with Crippen molar-refractivity contribution in [3.8, 4) is 5.75 Å². The summed E-state index contributed by atoms with van der Waals surface area (Å²) in [5.41, 5.74) is 4.31. The van der Waals surface area contributed by atoms with Crippen molar-refractivity contribution in [2.75, 3.05) is 26.9 Å². The van der Waals surface area contributed by atoms with E-state index < -0.39 is 24.3 Å². The molecular weight excluding hydrogens is 428 g/mol. The van der Waals surface area contributed by atoms with Gasteiger partial charge in [-0.05, 0) is 29.8 Å². The maximum atomic E-state index is 15.0. The summed E-state index contributed by atoms with van der Waals surface area (Å²) in [7, 11) is 1.49.